The lowest BCUT2D eigenvalue weighted by atomic mass is 9.97. The molecular formula is C27H26ClN3O2. The smallest absolute Gasteiger partial charge is 0.255 e. The van der Waals surface area contributed by atoms with Crippen molar-refractivity contribution in [3.63, 3.8) is 0 Å². The molecule has 3 aromatic carbocycles. The molecule has 0 spiro atoms. The van der Waals surface area contributed by atoms with Gasteiger partial charge in [-0.15, -0.1) is 0 Å². The zero-order chi connectivity index (χ0) is 23.2. The van der Waals surface area contributed by atoms with E-state index in [1.54, 1.807) is 54.6 Å². The molecule has 1 heterocycles. The number of halogens is 1. The first-order valence-electron chi connectivity index (χ1n) is 11.1. The fourth-order valence-electron chi connectivity index (χ4n) is 4.02. The standard InChI is InChI=1S/C27H26ClN3O2/c28-22-12-14-23(15-13-22)30-27(33)24-7-3-2-6-21(24)18-25(32)19-8-10-20(11-9-19)26(29)31-16-4-1-5-17-31/h2-3,6-15,29H,1,4-5,16-18H2,(H,30,33). The maximum absolute atomic E-state index is 13.0. The second-order valence-electron chi connectivity index (χ2n) is 8.19. The van der Waals surface area contributed by atoms with Crippen molar-refractivity contribution < 1.29 is 9.59 Å². The summed E-state index contributed by atoms with van der Waals surface area (Å²) >= 11 is 5.91. The highest BCUT2D eigenvalue weighted by Crippen LogP contribution is 2.19. The predicted octanol–water partition coefficient (Wildman–Crippen LogP) is 5.83. The minimum absolute atomic E-state index is 0.0715. The van der Waals surface area contributed by atoms with Crippen LogP contribution in [0.2, 0.25) is 5.02 Å². The van der Waals surface area contributed by atoms with Gasteiger partial charge in [0, 0.05) is 46.9 Å². The Hall–Kier alpha value is -3.44. The number of hydrogen-bond donors (Lipinski definition) is 2. The Balaban J connectivity index is 1.44. The van der Waals surface area contributed by atoms with Crippen molar-refractivity contribution in [2.45, 2.75) is 25.7 Å². The van der Waals surface area contributed by atoms with E-state index in [0.717, 1.165) is 31.5 Å². The topological polar surface area (TPSA) is 73.3 Å². The van der Waals surface area contributed by atoms with E-state index < -0.39 is 0 Å². The van der Waals surface area contributed by atoms with Crippen LogP contribution in [0.4, 0.5) is 5.69 Å². The van der Waals surface area contributed by atoms with E-state index in [-0.39, 0.29) is 18.1 Å². The first kappa shape index (κ1) is 22.7. The lowest BCUT2D eigenvalue weighted by molar-refractivity contribution is 0.0992. The summed E-state index contributed by atoms with van der Waals surface area (Å²) in [4.78, 5) is 27.9. The first-order valence-corrected chi connectivity index (χ1v) is 11.5. The van der Waals surface area contributed by atoms with Crippen LogP contribution in [0.25, 0.3) is 0 Å². The van der Waals surface area contributed by atoms with E-state index in [9.17, 15) is 9.59 Å². The number of likely N-dealkylation sites (tertiary alicyclic amines) is 1. The third-order valence-corrected chi connectivity index (χ3v) is 6.12. The molecular weight excluding hydrogens is 434 g/mol. The molecule has 1 saturated heterocycles. The van der Waals surface area contributed by atoms with Crippen molar-refractivity contribution in [1.29, 1.82) is 5.41 Å². The third-order valence-electron chi connectivity index (χ3n) is 5.87. The van der Waals surface area contributed by atoms with Crippen molar-refractivity contribution in [3.8, 4) is 0 Å². The maximum atomic E-state index is 13.0. The van der Waals surface area contributed by atoms with Gasteiger partial charge in [0.05, 0.1) is 0 Å². The summed E-state index contributed by atoms with van der Waals surface area (Å²) in [7, 11) is 0. The Bertz CT molecular complexity index is 1150. The number of carbonyl (C=O) groups is 2. The van der Waals surface area contributed by atoms with Gasteiger partial charge in [0.1, 0.15) is 5.84 Å². The largest absolute Gasteiger partial charge is 0.357 e. The van der Waals surface area contributed by atoms with Crippen LogP contribution >= 0.6 is 11.6 Å². The minimum atomic E-state index is -0.272. The molecule has 33 heavy (non-hydrogen) atoms. The van der Waals surface area contributed by atoms with E-state index >= 15 is 0 Å². The van der Waals surface area contributed by atoms with Crippen LogP contribution in [0.1, 0.15) is 51.1 Å². The second kappa shape index (κ2) is 10.5. The number of hydrogen-bond acceptors (Lipinski definition) is 3. The molecule has 4 rings (SSSR count). The van der Waals surface area contributed by atoms with Crippen LogP contribution < -0.4 is 5.32 Å². The number of anilines is 1. The van der Waals surface area contributed by atoms with Gasteiger partial charge < -0.3 is 10.2 Å². The summed E-state index contributed by atoms with van der Waals surface area (Å²) in [5, 5.41) is 11.9. The second-order valence-corrected chi connectivity index (χ2v) is 8.63. The highest BCUT2D eigenvalue weighted by molar-refractivity contribution is 6.30. The Labute approximate surface area is 198 Å². The third kappa shape index (κ3) is 5.68. The van der Waals surface area contributed by atoms with E-state index in [2.05, 4.69) is 10.2 Å². The van der Waals surface area contributed by atoms with Crippen LogP contribution in [0, 0.1) is 5.41 Å². The number of rotatable bonds is 6. The predicted molar refractivity (Wildman–Crippen MR) is 133 cm³/mol. The minimum Gasteiger partial charge on any atom is -0.357 e. The summed E-state index contributed by atoms with van der Waals surface area (Å²) in [5.74, 6) is 0.168. The quantitative estimate of drug-likeness (QED) is 0.277. The Morgan fingerprint density at radius 1 is 0.848 bits per heavy atom. The van der Waals surface area contributed by atoms with Crippen LogP contribution in [-0.4, -0.2) is 35.5 Å². The summed E-state index contributed by atoms with van der Waals surface area (Å²) in [6.45, 7) is 1.82. The molecule has 0 aliphatic carbocycles. The molecule has 1 amide bonds. The van der Waals surface area contributed by atoms with E-state index in [0.29, 0.717) is 33.2 Å². The number of benzene rings is 3. The fourth-order valence-corrected chi connectivity index (χ4v) is 4.14. The van der Waals surface area contributed by atoms with Gasteiger partial charge in [0.25, 0.3) is 5.91 Å². The van der Waals surface area contributed by atoms with Crippen molar-refractivity contribution in [1.82, 2.24) is 4.90 Å². The molecule has 0 atom stereocenters. The molecule has 0 unspecified atom stereocenters. The molecule has 168 valence electrons. The first-order chi connectivity index (χ1) is 16.0. The van der Waals surface area contributed by atoms with Gasteiger partial charge in [-0.25, -0.2) is 0 Å². The monoisotopic (exact) mass is 459 g/mol. The fraction of sp³-hybridized carbons (Fsp3) is 0.222. The van der Waals surface area contributed by atoms with Crippen molar-refractivity contribution >= 4 is 34.8 Å². The molecule has 5 nitrogen and oxygen atoms in total. The van der Waals surface area contributed by atoms with Crippen molar-refractivity contribution in [2.75, 3.05) is 18.4 Å². The molecule has 0 bridgehead atoms. The van der Waals surface area contributed by atoms with Gasteiger partial charge in [-0.3, -0.25) is 15.0 Å². The molecule has 1 aliphatic heterocycles. The average Bonchev–Trinajstić information content (AvgIpc) is 2.86. The van der Waals surface area contributed by atoms with Crippen LogP contribution in [0.5, 0.6) is 0 Å². The number of piperidine rings is 1. The zero-order valence-electron chi connectivity index (χ0n) is 18.3. The van der Waals surface area contributed by atoms with E-state index in [1.165, 1.54) is 6.42 Å². The Kier molecular flexibility index (Phi) is 7.20. The van der Waals surface area contributed by atoms with E-state index in [4.69, 9.17) is 17.0 Å². The lowest BCUT2D eigenvalue weighted by Gasteiger charge is -2.29. The molecule has 2 N–H and O–H groups in total. The normalized spacial score (nSPS) is 13.4. The number of amidine groups is 1. The summed E-state index contributed by atoms with van der Waals surface area (Å²) < 4.78 is 0. The van der Waals surface area contributed by atoms with Gasteiger partial charge in [0.15, 0.2) is 5.78 Å². The molecule has 6 heteroatoms. The maximum Gasteiger partial charge on any atom is 0.255 e. The summed E-state index contributed by atoms with van der Waals surface area (Å²) in [6, 6.07) is 21.2. The highest BCUT2D eigenvalue weighted by Gasteiger charge is 2.17. The number of ketones is 1. The van der Waals surface area contributed by atoms with Crippen LogP contribution in [0.3, 0.4) is 0 Å². The Morgan fingerprint density at radius 2 is 1.48 bits per heavy atom. The summed E-state index contributed by atoms with van der Waals surface area (Å²) in [5.41, 5.74) is 3.15. The number of nitrogens with zero attached hydrogens (tertiary/aromatic N) is 1. The SMILES string of the molecule is N=C(c1ccc(C(=O)Cc2ccccc2C(=O)Nc2ccc(Cl)cc2)cc1)N1CCCCC1. The number of carbonyl (C=O) groups excluding carboxylic acids is 2. The molecule has 3 aromatic rings. The molecule has 0 saturated carbocycles. The average molecular weight is 460 g/mol. The number of amides is 1. The van der Waals surface area contributed by atoms with Gasteiger partial charge in [-0.1, -0.05) is 54.1 Å². The van der Waals surface area contributed by atoms with Crippen LogP contribution in [0.15, 0.2) is 72.8 Å². The van der Waals surface area contributed by atoms with Gasteiger partial charge in [-0.05, 0) is 55.2 Å². The molecule has 0 radical (unpaired) electrons. The Morgan fingerprint density at radius 3 is 2.18 bits per heavy atom. The molecule has 0 aromatic heterocycles. The number of nitrogens with one attached hydrogen (secondary N) is 2. The highest BCUT2D eigenvalue weighted by atomic mass is 35.5. The van der Waals surface area contributed by atoms with Crippen molar-refractivity contribution in [3.05, 3.63) is 100 Å². The lowest BCUT2D eigenvalue weighted by Crippen LogP contribution is -2.35. The number of Topliss-reactive ketones (excluding diaryl/α,β-unsaturated/α-hetero) is 1. The van der Waals surface area contributed by atoms with Crippen LogP contribution in [-0.2, 0) is 6.42 Å². The zero-order valence-corrected chi connectivity index (χ0v) is 19.1. The molecule has 1 aliphatic rings. The van der Waals surface area contributed by atoms with Gasteiger partial charge in [0.2, 0.25) is 0 Å². The van der Waals surface area contributed by atoms with Crippen molar-refractivity contribution in [2.24, 2.45) is 0 Å². The summed E-state index contributed by atoms with van der Waals surface area (Å²) in [6.07, 6.45) is 3.57. The molecule has 1 fully saturated rings. The van der Waals surface area contributed by atoms with Gasteiger partial charge in [-0.2, -0.15) is 0 Å². The van der Waals surface area contributed by atoms with Gasteiger partial charge >= 0.3 is 0 Å². The van der Waals surface area contributed by atoms with E-state index in [1.807, 2.05) is 18.2 Å².